The number of halogens is 3. The third-order valence-electron chi connectivity index (χ3n) is 4.02. The lowest BCUT2D eigenvalue weighted by Crippen LogP contribution is -2.26. The van der Waals surface area contributed by atoms with Gasteiger partial charge in [0.1, 0.15) is 17.7 Å². The van der Waals surface area contributed by atoms with Crippen LogP contribution in [0.2, 0.25) is 0 Å². The van der Waals surface area contributed by atoms with E-state index in [0.29, 0.717) is 6.54 Å². The van der Waals surface area contributed by atoms with E-state index in [9.17, 15) is 13.2 Å². The first kappa shape index (κ1) is 17.4. The second kappa shape index (κ2) is 6.85. The van der Waals surface area contributed by atoms with Crippen molar-refractivity contribution in [1.82, 2.24) is 15.0 Å². The second-order valence-electron chi connectivity index (χ2n) is 5.99. The van der Waals surface area contributed by atoms with Crippen molar-refractivity contribution in [2.75, 3.05) is 18.0 Å². The first-order valence-corrected chi connectivity index (χ1v) is 8.14. The Bertz CT molecular complexity index is 734. The Labute approximate surface area is 143 Å². The van der Waals surface area contributed by atoms with Crippen LogP contribution < -0.4 is 9.64 Å². The van der Waals surface area contributed by atoms with Crippen LogP contribution in [0.25, 0.3) is 0 Å². The number of hydrogen-bond donors (Lipinski definition) is 0. The van der Waals surface area contributed by atoms with Crippen molar-refractivity contribution in [2.24, 2.45) is 0 Å². The maximum atomic E-state index is 12.6. The van der Waals surface area contributed by atoms with Gasteiger partial charge in [-0.15, -0.1) is 0 Å². The molecule has 0 spiro atoms. The van der Waals surface area contributed by atoms with Gasteiger partial charge >= 0.3 is 6.18 Å². The van der Waals surface area contributed by atoms with Crippen LogP contribution in [0.15, 0.2) is 24.4 Å². The Morgan fingerprint density at radius 3 is 2.72 bits per heavy atom. The average molecular weight is 352 g/mol. The molecule has 0 saturated carbocycles. The van der Waals surface area contributed by atoms with Gasteiger partial charge in [-0.05, 0) is 13.0 Å². The molecule has 1 aliphatic heterocycles. The Morgan fingerprint density at radius 1 is 1.28 bits per heavy atom. The molecule has 1 aliphatic rings. The maximum absolute atomic E-state index is 12.6. The van der Waals surface area contributed by atoms with Crippen molar-refractivity contribution < 1.29 is 17.9 Å². The predicted molar refractivity (Wildman–Crippen MR) is 86.6 cm³/mol. The van der Waals surface area contributed by atoms with E-state index < -0.39 is 11.7 Å². The minimum absolute atomic E-state index is 0.135. The van der Waals surface area contributed by atoms with Crippen molar-refractivity contribution in [2.45, 2.75) is 39.0 Å². The summed E-state index contributed by atoms with van der Waals surface area (Å²) in [5.74, 6) is 1.85. The summed E-state index contributed by atoms with van der Waals surface area (Å²) in [6.45, 7) is 5.32. The maximum Gasteiger partial charge on any atom is 0.417 e. The van der Waals surface area contributed by atoms with Gasteiger partial charge in [0, 0.05) is 43.4 Å². The van der Waals surface area contributed by atoms with Gasteiger partial charge in [0.2, 0.25) is 5.88 Å². The van der Waals surface area contributed by atoms with Gasteiger partial charge < -0.3 is 9.64 Å². The molecule has 0 amide bonds. The fourth-order valence-corrected chi connectivity index (χ4v) is 2.75. The molecule has 2 aromatic heterocycles. The SMILES string of the molecule is CCc1nc(C)cc(N2CCC(Oc3ccc(C(F)(F)F)cn3)C2)n1. The lowest BCUT2D eigenvalue weighted by atomic mass is 10.3. The number of anilines is 1. The standard InChI is InChI=1S/C17H19F3N4O/c1-3-14-22-11(2)8-15(23-14)24-7-6-13(10-24)25-16-5-4-12(9-21-16)17(18,19)20/h4-5,8-9,13H,3,6-7,10H2,1-2H3. The van der Waals surface area contributed by atoms with Crippen LogP contribution in [0.1, 0.15) is 30.4 Å². The zero-order valence-electron chi connectivity index (χ0n) is 14.0. The van der Waals surface area contributed by atoms with Crippen molar-refractivity contribution in [3.63, 3.8) is 0 Å². The molecule has 0 N–H and O–H groups in total. The fraction of sp³-hybridized carbons (Fsp3) is 0.471. The molecular weight excluding hydrogens is 333 g/mol. The van der Waals surface area contributed by atoms with E-state index in [1.807, 2.05) is 19.9 Å². The van der Waals surface area contributed by atoms with Crippen LogP contribution in [0.5, 0.6) is 5.88 Å². The van der Waals surface area contributed by atoms with Gasteiger partial charge in [-0.3, -0.25) is 0 Å². The molecule has 0 radical (unpaired) electrons. The molecule has 2 aromatic rings. The molecule has 0 aromatic carbocycles. The van der Waals surface area contributed by atoms with Crippen molar-refractivity contribution in [3.05, 3.63) is 41.5 Å². The van der Waals surface area contributed by atoms with E-state index in [-0.39, 0.29) is 12.0 Å². The molecule has 3 heterocycles. The summed E-state index contributed by atoms with van der Waals surface area (Å²) in [7, 11) is 0. The molecule has 1 fully saturated rings. The van der Waals surface area contributed by atoms with Crippen molar-refractivity contribution >= 4 is 5.82 Å². The topological polar surface area (TPSA) is 51.1 Å². The van der Waals surface area contributed by atoms with E-state index >= 15 is 0 Å². The van der Waals surface area contributed by atoms with Crippen LogP contribution in [-0.2, 0) is 12.6 Å². The summed E-state index contributed by atoms with van der Waals surface area (Å²) in [6.07, 6.45) is -2.21. The highest BCUT2D eigenvalue weighted by atomic mass is 19.4. The monoisotopic (exact) mass is 352 g/mol. The van der Waals surface area contributed by atoms with E-state index in [1.54, 1.807) is 0 Å². The minimum atomic E-state index is -4.39. The smallest absolute Gasteiger partial charge is 0.417 e. The van der Waals surface area contributed by atoms with Gasteiger partial charge in [-0.1, -0.05) is 6.92 Å². The highest BCUT2D eigenvalue weighted by molar-refractivity contribution is 5.41. The zero-order valence-corrected chi connectivity index (χ0v) is 14.0. The summed E-state index contributed by atoms with van der Waals surface area (Å²) >= 11 is 0. The summed E-state index contributed by atoms with van der Waals surface area (Å²) in [6, 6.07) is 4.17. The number of rotatable bonds is 4. The number of ether oxygens (including phenoxy) is 1. The molecule has 1 saturated heterocycles. The number of alkyl halides is 3. The van der Waals surface area contributed by atoms with E-state index in [4.69, 9.17) is 4.74 Å². The average Bonchev–Trinajstić information content (AvgIpc) is 3.02. The lowest BCUT2D eigenvalue weighted by molar-refractivity contribution is -0.137. The van der Waals surface area contributed by atoms with Gasteiger partial charge in [-0.25, -0.2) is 15.0 Å². The number of aromatic nitrogens is 3. The molecule has 3 rings (SSSR count). The Morgan fingerprint density at radius 2 is 2.08 bits per heavy atom. The van der Waals surface area contributed by atoms with Gasteiger partial charge in [0.05, 0.1) is 12.1 Å². The molecule has 25 heavy (non-hydrogen) atoms. The minimum Gasteiger partial charge on any atom is -0.472 e. The molecule has 8 heteroatoms. The second-order valence-corrected chi connectivity index (χ2v) is 5.99. The Kier molecular flexibility index (Phi) is 4.78. The molecule has 134 valence electrons. The number of nitrogens with zero attached hydrogens (tertiary/aromatic N) is 4. The van der Waals surface area contributed by atoms with Crippen LogP contribution in [0.4, 0.5) is 19.0 Å². The first-order chi connectivity index (χ1) is 11.8. The predicted octanol–water partition coefficient (Wildman–Crippen LogP) is 3.42. The Balaban J connectivity index is 1.64. The highest BCUT2D eigenvalue weighted by Gasteiger charge is 2.31. The third-order valence-corrected chi connectivity index (χ3v) is 4.02. The quantitative estimate of drug-likeness (QED) is 0.844. The summed E-state index contributed by atoms with van der Waals surface area (Å²) in [5, 5.41) is 0. The van der Waals surface area contributed by atoms with Crippen molar-refractivity contribution in [1.29, 1.82) is 0 Å². The third kappa shape index (κ3) is 4.18. The summed E-state index contributed by atoms with van der Waals surface area (Å²) in [4.78, 5) is 14.8. The largest absolute Gasteiger partial charge is 0.472 e. The number of hydrogen-bond acceptors (Lipinski definition) is 5. The molecule has 1 atom stereocenters. The highest BCUT2D eigenvalue weighted by Crippen LogP contribution is 2.29. The molecule has 0 aliphatic carbocycles. The molecule has 5 nitrogen and oxygen atoms in total. The van der Waals surface area contributed by atoms with Crippen LogP contribution in [0, 0.1) is 6.92 Å². The van der Waals surface area contributed by atoms with Crippen molar-refractivity contribution in [3.8, 4) is 5.88 Å². The van der Waals surface area contributed by atoms with Gasteiger partial charge in [-0.2, -0.15) is 13.2 Å². The molecule has 0 bridgehead atoms. The van der Waals surface area contributed by atoms with E-state index in [1.165, 1.54) is 6.07 Å². The summed E-state index contributed by atoms with van der Waals surface area (Å²) < 4.78 is 43.4. The van der Waals surface area contributed by atoms with E-state index in [2.05, 4.69) is 19.9 Å². The number of pyridine rings is 1. The van der Waals surface area contributed by atoms with Crippen LogP contribution >= 0.6 is 0 Å². The zero-order chi connectivity index (χ0) is 18.0. The lowest BCUT2D eigenvalue weighted by Gasteiger charge is -2.19. The summed E-state index contributed by atoms with van der Waals surface area (Å²) in [5.41, 5.74) is 0.132. The van der Waals surface area contributed by atoms with Gasteiger partial charge in [0.15, 0.2) is 0 Å². The normalized spacial score (nSPS) is 17.8. The Hall–Kier alpha value is -2.38. The number of aryl methyl sites for hydroxylation is 2. The first-order valence-electron chi connectivity index (χ1n) is 8.14. The molecule has 1 unspecified atom stereocenters. The van der Waals surface area contributed by atoms with Crippen LogP contribution in [-0.4, -0.2) is 34.1 Å². The van der Waals surface area contributed by atoms with E-state index in [0.717, 1.165) is 49.0 Å². The van der Waals surface area contributed by atoms with Crippen LogP contribution in [0.3, 0.4) is 0 Å². The fourth-order valence-electron chi connectivity index (χ4n) is 2.75. The van der Waals surface area contributed by atoms with Gasteiger partial charge in [0.25, 0.3) is 0 Å². The molecular formula is C17H19F3N4O.